The molecule has 26 heteroatoms. The number of amides is 6. The average molecular weight is 1240 g/mol. The van der Waals surface area contributed by atoms with Crippen LogP contribution >= 0.6 is 7.82 Å². The largest absolute Gasteiger partial charge is 0.472 e. The van der Waals surface area contributed by atoms with Crippen molar-refractivity contribution in [2.75, 3.05) is 33.0 Å². The third-order valence-electron chi connectivity index (χ3n) is 14.9. The van der Waals surface area contributed by atoms with Crippen LogP contribution in [0.2, 0.25) is 0 Å². The summed E-state index contributed by atoms with van der Waals surface area (Å²) in [7, 11) is -5.04. The van der Waals surface area contributed by atoms with E-state index in [1.165, 1.54) is 124 Å². The molecule has 0 aromatic heterocycles. The number of hydrogen-bond acceptors (Lipinski definition) is 18. The third-order valence-corrected chi connectivity index (χ3v) is 15.9. The summed E-state index contributed by atoms with van der Waals surface area (Å²) in [6, 6.07) is -5.85. The second-order valence-electron chi connectivity index (χ2n) is 22.5. The van der Waals surface area contributed by atoms with Crippen LogP contribution in [-0.2, 0) is 70.9 Å². The maximum Gasteiger partial charge on any atom is 0.472 e. The molecule has 25 nitrogen and oxygen atoms in total. The molecule has 85 heavy (non-hydrogen) atoms. The van der Waals surface area contributed by atoms with Crippen LogP contribution in [0.1, 0.15) is 234 Å². The molecular formula is C59H109N6O19P. The van der Waals surface area contributed by atoms with E-state index >= 15 is 0 Å². The van der Waals surface area contributed by atoms with Crippen molar-refractivity contribution in [3.63, 3.8) is 0 Å². The summed E-state index contributed by atoms with van der Waals surface area (Å²) in [5, 5.41) is 38.1. The maximum atomic E-state index is 14.2. The van der Waals surface area contributed by atoms with E-state index in [0.717, 1.165) is 63.2 Å². The number of aliphatic hydroxyl groups is 3. The van der Waals surface area contributed by atoms with Gasteiger partial charge in [-0.15, -0.1) is 0 Å². The molecule has 1 heterocycles. The molecule has 1 aliphatic rings. The molecule has 1 rings (SSSR count). The molecule has 1 saturated heterocycles. The highest BCUT2D eigenvalue weighted by Gasteiger charge is 2.47. The van der Waals surface area contributed by atoms with Gasteiger partial charge in [0.25, 0.3) is 0 Å². The number of primary amides is 2. The Kier molecular flexibility index (Phi) is 43.3. The maximum absolute atomic E-state index is 14.2. The van der Waals surface area contributed by atoms with Crippen molar-refractivity contribution in [2.24, 2.45) is 11.5 Å². The molecule has 0 radical (unpaired) electrons. The second-order valence-corrected chi connectivity index (χ2v) is 23.9. The molecule has 1 fully saturated rings. The number of carbonyl (C=O) groups excluding carboxylic acids is 8. The first-order chi connectivity index (χ1) is 40.5. The lowest BCUT2D eigenvalue weighted by atomic mass is 9.96. The summed E-state index contributed by atoms with van der Waals surface area (Å²) in [6.45, 7) is 5.93. The van der Waals surface area contributed by atoms with Gasteiger partial charge in [0.15, 0.2) is 12.4 Å². The standard InChI is InChI=1S/C59H109N6O19P/c1-7-9-11-13-15-17-19-21-23-25-27-29-31-33-50(69)79-40-46(83-51(70)34-32-30-28-26-24-22-20-18-16-14-12-10-8-2)41-81-85(77,78)80-38-37-65(43(4)55(61)72)58(75)47(35-36-49(60)68)64-56(73)42(3)62-57(74)44(5)82-54-52(63-45(6)67)59(76)84-48(39-66)53(54)71/h42-44,46-48,52-54,59,66,71,76H,7-41H2,1-6H3,(H2,60,68)(H2,61,72)(H,62,74)(H,63,67)(H,64,73)(H,77,78)/t42-,43-,44+,46?,47+,48+,52+,53+,54+,59?/m0/s1. The summed E-state index contributed by atoms with van der Waals surface area (Å²) in [5.41, 5.74) is 11.0. The van der Waals surface area contributed by atoms with E-state index in [0.29, 0.717) is 12.8 Å². The second kappa shape index (κ2) is 46.8. The molecular weight excluding hydrogens is 1130 g/mol. The Morgan fingerprint density at radius 3 is 1.59 bits per heavy atom. The Hall–Kier alpha value is -4.33. The van der Waals surface area contributed by atoms with E-state index in [-0.39, 0.29) is 12.8 Å². The van der Waals surface area contributed by atoms with Gasteiger partial charge < -0.3 is 71.5 Å². The number of unbranched alkanes of at least 4 members (excludes halogenated alkanes) is 24. The van der Waals surface area contributed by atoms with Gasteiger partial charge in [0.2, 0.25) is 35.4 Å². The molecule has 0 spiro atoms. The van der Waals surface area contributed by atoms with Gasteiger partial charge in [-0.1, -0.05) is 168 Å². The van der Waals surface area contributed by atoms with Crippen LogP contribution in [-0.4, -0.2) is 166 Å². The van der Waals surface area contributed by atoms with Gasteiger partial charge in [0, 0.05) is 32.7 Å². The van der Waals surface area contributed by atoms with Crippen LogP contribution < -0.4 is 27.4 Å². The fourth-order valence-corrected chi connectivity index (χ4v) is 10.4. The Bertz CT molecular complexity index is 1970. The minimum Gasteiger partial charge on any atom is -0.462 e. The molecule has 0 bridgehead atoms. The minimum atomic E-state index is -5.04. The van der Waals surface area contributed by atoms with Crippen LogP contribution in [0.5, 0.6) is 0 Å². The number of nitrogens with zero attached hydrogens (tertiary/aromatic N) is 1. The zero-order chi connectivity index (χ0) is 63.6. The number of ether oxygens (including phenoxy) is 4. The van der Waals surface area contributed by atoms with E-state index in [1.807, 2.05) is 0 Å². The van der Waals surface area contributed by atoms with Crippen molar-refractivity contribution >= 4 is 55.2 Å². The number of carbonyl (C=O) groups is 8. The van der Waals surface area contributed by atoms with Gasteiger partial charge in [-0.2, -0.15) is 0 Å². The topological polar surface area (TPSA) is 381 Å². The van der Waals surface area contributed by atoms with Gasteiger partial charge in [0.05, 0.1) is 19.8 Å². The smallest absolute Gasteiger partial charge is 0.462 e. The third kappa shape index (κ3) is 36.6. The molecule has 0 aromatic rings. The number of rotatable bonds is 52. The summed E-state index contributed by atoms with van der Waals surface area (Å²) in [4.78, 5) is 115. The highest BCUT2D eigenvalue weighted by Crippen LogP contribution is 2.43. The number of nitrogens with two attached hydrogens (primary N) is 2. The van der Waals surface area contributed by atoms with E-state index in [9.17, 15) is 63.1 Å². The highest BCUT2D eigenvalue weighted by molar-refractivity contribution is 7.47. The number of aliphatic hydroxyl groups excluding tert-OH is 3. The van der Waals surface area contributed by atoms with E-state index in [1.54, 1.807) is 0 Å². The van der Waals surface area contributed by atoms with Crippen LogP contribution in [0, 0.1) is 0 Å². The Labute approximate surface area is 505 Å². The highest BCUT2D eigenvalue weighted by atomic mass is 31.2. The lowest BCUT2D eigenvalue weighted by molar-refractivity contribution is -0.266. The summed E-state index contributed by atoms with van der Waals surface area (Å²) < 4.78 is 45.6. The Morgan fingerprint density at radius 1 is 0.647 bits per heavy atom. The predicted octanol–water partition coefficient (Wildman–Crippen LogP) is 5.84. The summed E-state index contributed by atoms with van der Waals surface area (Å²) in [5.74, 6) is -6.63. The molecule has 6 amide bonds. The molecule has 0 aliphatic carbocycles. The van der Waals surface area contributed by atoms with E-state index in [4.69, 9.17) is 39.5 Å². The predicted molar refractivity (Wildman–Crippen MR) is 317 cm³/mol. The molecule has 11 N–H and O–H groups in total. The number of nitrogens with one attached hydrogen (secondary N) is 3. The number of phosphoric ester groups is 1. The van der Waals surface area contributed by atoms with Crippen molar-refractivity contribution in [2.45, 2.75) is 295 Å². The number of esters is 2. The fourth-order valence-electron chi connectivity index (χ4n) is 9.68. The minimum absolute atomic E-state index is 0.0591. The van der Waals surface area contributed by atoms with Crippen LogP contribution in [0.25, 0.3) is 0 Å². The molecule has 11 atom stereocenters. The van der Waals surface area contributed by atoms with E-state index in [2.05, 4.69) is 29.8 Å². The quantitative estimate of drug-likeness (QED) is 0.0196. The van der Waals surface area contributed by atoms with Gasteiger partial charge >= 0.3 is 19.8 Å². The van der Waals surface area contributed by atoms with Gasteiger partial charge in [-0.25, -0.2) is 4.57 Å². The zero-order valence-corrected chi connectivity index (χ0v) is 52.9. The van der Waals surface area contributed by atoms with Crippen molar-refractivity contribution in [3.8, 4) is 0 Å². The van der Waals surface area contributed by atoms with E-state index < -0.39 is 162 Å². The molecule has 1 aliphatic heterocycles. The summed E-state index contributed by atoms with van der Waals surface area (Å²) in [6.07, 6.45) is 19.6. The zero-order valence-electron chi connectivity index (χ0n) is 52.0. The Morgan fingerprint density at radius 2 is 1.13 bits per heavy atom. The van der Waals surface area contributed by atoms with Gasteiger partial charge in [0.1, 0.15) is 55.2 Å². The number of hydrogen-bond donors (Lipinski definition) is 9. The van der Waals surface area contributed by atoms with Gasteiger partial charge in [-0.05, 0) is 40.0 Å². The lowest BCUT2D eigenvalue weighted by Crippen LogP contribution is -2.65. The van der Waals surface area contributed by atoms with Crippen molar-refractivity contribution in [1.29, 1.82) is 0 Å². The van der Waals surface area contributed by atoms with Gasteiger partial charge in [-0.3, -0.25) is 47.4 Å². The first-order valence-corrected chi connectivity index (χ1v) is 33.0. The first kappa shape index (κ1) is 78.7. The van der Waals surface area contributed by atoms with Crippen molar-refractivity contribution < 1.29 is 91.1 Å². The van der Waals surface area contributed by atoms with Crippen molar-refractivity contribution in [1.82, 2.24) is 20.9 Å². The molecule has 3 unspecified atom stereocenters. The SMILES string of the molecule is CCCCCCCCCCCCCCCC(=O)OCC(COP(=O)(O)OCCN(C(=O)[C@@H](CCC(N)=O)NC(=O)[C@H](C)NC(=O)[C@@H](C)O[C@H]1[C@H](O)[C@@H](CO)OC(O)[C@@H]1NC(C)=O)[C@@H](C)C(N)=O)OC(=O)CCCCCCCCCCCCCCC. The monoisotopic (exact) mass is 1240 g/mol. The fraction of sp³-hybridized carbons (Fsp3) is 0.864. The van der Waals surface area contributed by atoms with Crippen LogP contribution in [0.4, 0.5) is 0 Å². The first-order valence-electron chi connectivity index (χ1n) is 31.5. The number of phosphoric acid groups is 1. The molecule has 0 aromatic carbocycles. The summed E-state index contributed by atoms with van der Waals surface area (Å²) >= 11 is 0. The van der Waals surface area contributed by atoms with Crippen molar-refractivity contribution in [3.05, 3.63) is 0 Å². The molecule has 0 saturated carbocycles. The lowest BCUT2D eigenvalue weighted by Gasteiger charge is -2.43. The molecule has 494 valence electrons. The average Bonchev–Trinajstić information content (AvgIpc) is 3.47. The normalized spacial score (nSPS) is 19.3. The Balaban J connectivity index is 2.99. The van der Waals surface area contributed by atoms with Crippen LogP contribution in [0.3, 0.4) is 0 Å². The van der Waals surface area contributed by atoms with Crippen LogP contribution in [0.15, 0.2) is 0 Å².